The van der Waals surface area contributed by atoms with E-state index in [0.717, 1.165) is 22.4 Å². The molecule has 110 valence electrons. The summed E-state index contributed by atoms with van der Waals surface area (Å²) in [5.41, 5.74) is 4.81. The van der Waals surface area contributed by atoms with Crippen molar-refractivity contribution in [3.63, 3.8) is 0 Å². The molecule has 1 atom stereocenters. The lowest BCUT2D eigenvalue weighted by Gasteiger charge is -2.16. The van der Waals surface area contributed by atoms with E-state index in [9.17, 15) is 4.79 Å². The van der Waals surface area contributed by atoms with Crippen molar-refractivity contribution in [1.82, 2.24) is 5.32 Å². The predicted molar refractivity (Wildman–Crippen MR) is 87.8 cm³/mol. The molecule has 0 aliphatic rings. The summed E-state index contributed by atoms with van der Waals surface area (Å²) < 4.78 is 0. The molecule has 0 saturated heterocycles. The zero-order valence-electron chi connectivity index (χ0n) is 13.0. The summed E-state index contributed by atoms with van der Waals surface area (Å²) in [6, 6.07) is 13.9. The van der Waals surface area contributed by atoms with Gasteiger partial charge in [-0.2, -0.15) is 0 Å². The summed E-state index contributed by atoms with van der Waals surface area (Å²) in [6.07, 6.45) is 0. The first-order valence-corrected chi connectivity index (χ1v) is 7.17. The molecule has 0 aromatic heterocycles. The van der Waals surface area contributed by atoms with Gasteiger partial charge >= 0.3 is 0 Å². The van der Waals surface area contributed by atoms with E-state index in [-0.39, 0.29) is 11.9 Å². The van der Waals surface area contributed by atoms with Gasteiger partial charge in [0.05, 0.1) is 0 Å². The van der Waals surface area contributed by atoms with E-state index in [1.165, 1.54) is 0 Å². The van der Waals surface area contributed by atoms with Gasteiger partial charge in [-0.05, 0) is 51.6 Å². The van der Waals surface area contributed by atoms with Crippen molar-refractivity contribution < 1.29 is 4.79 Å². The highest BCUT2D eigenvalue weighted by Crippen LogP contribution is 2.23. The van der Waals surface area contributed by atoms with Crippen molar-refractivity contribution in [3.8, 4) is 0 Å². The monoisotopic (exact) mass is 282 g/mol. The van der Waals surface area contributed by atoms with Crippen LogP contribution in [0.25, 0.3) is 0 Å². The maximum atomic E-state index is 12.5. The average Bonchev–Trinajstić information content (AvgIpc) is 2.46. The number of amides is 1. The van der Waals surface area contributed by atoms with Gasteiger partial charge in [0.1, 0.15) is 0 Å². The lowest BCUT2D eigenvalue weighted by Crippen LogP contribution is -2.18. The van der Waals surface area contributed by atoms with Crippen LogP contribution in [0, 0.1) is 13.8 Å². The molecule has 3 nitrogen and oxygen atoms in total. The third kappa shape index (κ3) is 3.70. The highest BCUT2D eigenvalue weighted by Gasteiger charge is 2.12. The Morgan fingerprint density at radius 2 is 1.67 bits per heavy atom. The largest absolute Gasteiger partial charge is 0.322 e. The Bertz CT molecular complexity index is 629. The van der Waals surface area contributed by atoms with Crippen molar-refractivity contribution >= 4 is 11.6 Å². The minimum atomic E-state index is -0.0717. The number of anilines is 1. The first kappa shape index (κ1) is 15.3. The number of hydrogen-bond acceptors (Lipinski definition) is 2. The van der Waals surface area contributed by atoms with Gasteiger partial charge in [0.2, 0.25) is 0 Å². The van der Waals surface area contributed by atoms with E-state index in [0.29, 0.717) is 5.56 Å². The van der Waals surface area contributed by atoms with E-state index in [4.69, 9.17) is 0 Å². The number of hydrogen-bond donors (Lipinski definition) is 2. The number of aryl methyl sites for hydroxylation is 2. The predicted octanol–water partition coefficient (Wildman–Crippen LogP) is 3.84. The van der Waals surface area contributed by atoms with Crippen LogP contribution in [0.2, 0.25) is 0 Å². The van der Waals surface area contributed by atoms with Crippen molar-refractivity contribution in [2.45, 2.75) is 26.8 Å². The second-order valence-corrected chi connectivity index (χ2v) is 5.43. The number of benzene rings is 2. The number of rotatable bonds is 4. The lowest BCUT2D eigenvalue weighted by molar-refractivity contribution is 0.102. The molecule has 2 aromatic rings. The first-order valence-electron chi connectivity index (χ1n) is 7.17. The second-order valence-electron chi connectivity index (χ2n) is 5.43. The van der Waals surface area contributed by atoms with E-state index < -0.39 is 0 Å². The standard InChI is InChI=1S/C18H22N2O/c1-12-9-13(2)11-15(10-12)18(21)20-17-8-6-5-7-16(17)14(3)19-4/h5-11,14,19H,1-4H3,(H,20,21). The SMILES string of the molecule is CNC(C)c1ccccc1NC(=O)c1cc(C)cc(C)c1. The molecule has 0 radical (unpaired) electrons. The number of carbonyl (C=O) groups excluding carboxylic acids is 1. The number of para-hydroxylation sites is 1. The molecule has 3 heteroatoms. The lowest BCUT2D eigenvalue weighted by atomic mass is 10.0. The summed E-state index contributed by atoms with van der Waals surface area (Å²) in [5.74, 6) is -0.0717. The number of carbonyl (C=O) groups is 1. The smallest absolute Gasteiger partial charge is 0.255 e. The van der Waals surface area contributed by atoms with E-state index in [1.807, 2.05) is 57.3 Å². The van der Waals surface area contributed by atoms with Crippen LogP contribution < -0.4 is 10.6 Å². The Labute approximate surface area is 126 Å². The molecular weight excluding hydrogens is 260 g/mol. The molecule has 0 heterocycles. The maximum Gasteiger partial charge on any atom is 0.255 e. The topological polar surface area (TPSA) is 41.1 Å². The van der Waals surface area contributed by atoms with Crippen molar-refractivity contribution in [2.75, 3.05) is 12.4 Å². The van der Waals surface area contributed by atoms with E-state index in [2.05, 4.69) is 23.6 Å². The van der Waals surface area contributed by atoms with Gasteiger partial charge in [-0.15, -0.1) is 0 Å². The molecule has 0 bridgehead atoms. The highest BCUT2D eigenvalue weighted by atomic mass is 16.1. The third-order valence-electron chi connectivity index (χ3n) is 3.59. The van der Waals surface area contributed by atoms with Gasteiger partial charge in [-0.3, -0.25) is 4.79 Å². The van der Waals surface area contributed by atoms with Crippen LogP contribution in [0.1, 0.15) is 40.0 Å². The van der Waals surface area contributed by atoms with Gasteiger partial charge in [0.25, 0.3) is 5.91 Å². The maximum absolute atomic E-state index is 12.5. The zero-order chi connectivity index (χ0) is 15.4. The minimum absolute atomic E-state index is 0.0717. The molecule has 0 saturated carbocycles. The fraction of sp³-hybridized carbons (Fsp3) is 0.278. The summed E-state index contributed by atoms with van der Waals surface area (Å²) in [4.78, 5) is 12.5. The summed E-state index contributed by atoms with van der Waals surface area (Å²) in [5, 5.41) is 6.22. The molecule has 0 fully saturated rings. The van der Waals surface area contributed by atoms with Gasteiger partial charge in [-0.1, -0.05) is 35.4 Å². The van der Waals surface area contributed by atoms with Crippen LogP contribution in [0.3, 0.4) is 0 Å². The molecule has 2 aromatic carbocycles. The molecule has 0 aliphatic carbocycles. The molecule has 21 heavy (non-hydrogen) atoms. The van der Waals surface area contributed by atoms with Gasteiger partial charge in [0, 0.05) is 17.3 Å². The third-order valence-corrected chi connectivity index (χ3v) is 3.59. The molecule has 2 rings (SSSR count). The van der Waals surface area contributed by atoms with Crippen molar-refractivity contribution in [2.24, 2.45) is 0 Å². The van der Waals surface area contributed by atoms with Crippen LogP contribution in [-0.4, -0.2) is 13.0 Å². The Kier molecular flexibility index (Phi) is 4.76. The van der Waals surface area contributed by atoms with Crippen LogP contribution in [0.15, 0.2) is 42.5 Å². The first-order chi connectivity index (χ1) is 10.0. The molecular formula is C18H22N2O. The zero-order valence-corrected chi connectivity index (χ0v) is 13.0. The van der Waals surface area contributed by atoms with E-state index in [1.54, 1.807) is 0 Å². The summed E-state index contributed by atoms with van der Waals surface area (Å²) in [7, 11) is 1.91. The van der Waals surface area contributed by atoms with E-state index >= 15 is 0 Å². The molecule has 2 N–H and O–H groups in total. The molecule has 1 amide bonds. The highest BCUT2D eigenvalue weighted by molar-refractivity contribution is 6.04. The number of nitrogens with one attached hydrogen (secondary N) is 2. The van der Waals surface area contributed by atoms with Gasteiger partial charge < -0.3 is 10.6 Å². The minimum Gasteiger partial charge on any atom is -0.322 e. The molecule has 1 unspecified atom stereocenters. The van der Waals surface area contributed by atoms with Crippen LogP contribution in [-0.2, 0) is 0 Å². The van der Waals surface area contributed by atoms with Crippen LogP contribution in [0.5, 0.6) is 0 Å². The Balaban J connectivity index is 2.27. The quantitative estimate of drug-likeness (QED) is 0.894. The molecule has 0 aliphatic heterocycles. The summed E-state index contributed by atoms with van der Waals surface area (Å²) >= 11 is 0. The Hall–Kier alpha value is -2.13. The fourth-order valence-electron chi connectivity index (χ4n) is 2.44. The fourth-order valence-corrected chi connectivity index (χ4v) is 2.44. The van der Waals surface area contributed by atoms with Gasteiger partial charge in [0.15, 0.2) is 0 Å². The van der Waals surface area contributed by atoms with Crippen LogP contribution in [0.4, 0.5) is 5.69 Å². The average molecular weight is 282 g/mol. The van der Waals surface area contributed by atoms with Crippen LogP contribution >= 0.6 is 0 Å². The van der Waals surface area contributed by atoms with Crippen molar-refractivity contribution in [1.29, 1.82) is 0 Å². The summed E-state index contributed by atoms with van der Waals surface area (Å²) in [6.45, 7) is 6.07. The Morgan fingerprint density at radius 1 is 1.05 bits per heavy atom. The molecule has 0 spiro atoms. The Morgan fingerprint density at radius 3 is 2.29 bits per heavy atom. The van der Waals surface area contributed by atoms with Crippen molar-refractivity contribution in [3.05, 3.63) is 64.7 Å². The second kappa shape index (κ2) is 6.55. The normalized spacial score (nSPS) is 12.0. The van der Waals surface area contributed by atoms with Gasteiger partial charge in [-0.25, -0.2) is 0 Å².